The van der Waals surface area contributed by atoms with Gasteiger partial charge in [-0.15, -0.1) is 11.3 Å². The van der Waals surface area contributed by atoms with Gasteiger partial charge in [0.2, 0.25) is 12.7 Å². The van der Waals surface area contributed by atoms with E-state index in [-0.39, 0.29) is 30.5 Å². The molecule has 3 N–H and O–H groups in total. The number of piperidine rings is 1. The molecule has 1 aromatic carbocycles. The summed E-state index contributed by atoms with van der Waals surface area (Å²) in [7, 11) is 0. The number of ether oxygens (including phenoxy) is 2. The molecule has 0 aliphatic carbocycles. The van der Waals surface area contributed by atoms with Gasteiger partial charge in [0.25, 0.3) is 5.91 Å². The van der Waals surface area contributed by atoms with Gasteiger partial charge < -0.3 is 25.4 Å². The molecule has 1 saturated heterocycles. The average Bonchev–Trinajstić information content (AvgIpc) is 3.69. The van der Waals surface area contributed by atoms with Crippen molar-refractivity contribution in [3.63, 3.8) is 0 Å². The van der Waals surface area contributed by atoms with Gasteiger partial charge in [-0.1, -0.05) is 12.6 Å². The number of carbonyl (C=O) groups excluding carboxylic acids is 2. The Balaban J connectivity index is 1.42. The number of likely N-dealkylation sites (tertiary alicyclic amines) is 1. The molecule has 5 heterocycles. The lowest BCUT2D eigenvalue weighted by Crippen LogP contribution is -2.40. The minimum absolute atomic E-state index is 0.0000915. The van der Waals surface area contributed by atoms with Crippen LogP contribution in [0.5, 0.6) is 11.5 Å². The Bertz CT molecular complexity index is 1530. The fraction of sp³-hybridized carbons (Fsp3) is 0.240. The van der Waals surface area contributed by atoms with Crippen LogP contribution in [0.4, 0.5) is 11.5 Å². The Kier molecular flexibility index (Phi) is 5.72. The first kappa shape index (κ1) is 23.0. The molecule has 1 fully saturated rings. The molecule has 0 saturated carbocycles. The molecule has 6 rings (SSSR count). The molecule has 0 unspecified atom stereocenters. The molecule has 3 aromatic heterocycles. The highest BCUT2D eigenvalue weighted by molar-refractivity contribution is 7.12. The smallest absolute Gasteiger partial charge is 0.265 e. The van der Waals surface area contributed by atoms with Crippen LogP contribution in [0, 0.1) is 0 Å². The highest BCUT2D eigenvalue weighted by Crippen LogP contribution is 2.48. The van der Waals surface area contributed by atoms with Crippen LogP contribution in [-0.2, 0) is 4.79 Å². The van der Waals surface area contributed by atoms with Gasteiger partial charge in [0.1, 0.15) is 17.8 Å². The predicted octanol–water partition coefficient (Wildman–Crippen LogP) is 3.47. The van der Waals surface area contributed by atoms with Crippen LogP contribution >= 0.6 is 11.3 Å². The van der Waals surface area contributed by atoms with Gasteiger partial charge in [-0.05, 0) is 42.5 Å². The van der Waals surface area contributed by atoms with Crippen molar-refractivity contribution in [3.05, 3.63) is 53.5 Å². The summed E-state index contributed by atoms with van der Waals surface area (Å²) in [5.41, 5.74) is 8.57. The van der Waals surface area contributed by atoms with Crippen LogP contribution < -0.4 is 20.5 Å². The molecule has 37 heavy (non-hydrogen) atoms. The second kappa shape index (κ2) is 9.21. The summed E-state index contributed by atoms with van der Waals surface area (Å²) in [4.78, 5) is 36.0. The molecule has 2 aliphatic heterocycles. The van der Waals surface area contributed by atoms with Crippen LogP contribution in [0.15, 0.2) is 48.6 Å². The van der Waals surface area contributed by atoms with E-state index in [1.807, 2.05) is 22.2 Å². The monoisotopic (exact) mass is 517 g/mol. The molecule has 12 heteroatoms. The van der Waals surface area contributed by atoms with Gasteiger partial charge in [-0.2, -0.15) is 5.10 Å². The number of nitrogens with zero attached hydrogens (tertiary/aromatic N) is 5. The Morgan fingerprint density at radius 3 is 2.89 bits per heavy atom. The predicted molar refractivity (Wildman–Crippen MR) is 139 cm³/mol. The molecule has 0 bridgehead atoms. The molecule has 2 amide bonds. The molecule has 2 aliphatic rings. The first-order valence-corrected chi connectivity index (χ1v) is 12.6. The van der Waals surface area contributed by atoms with E-state index in [1.54, 1.807) is 17.0 Å². The molecular weight excluding hydrogens is 494 g/mol. The fourth-order valence-corrected chi connectivity index (χ4v) is 5.41. The van der Waals surface area contributed by atoms with Crippen LogP contribution in [0.1, 0.15) is 28.6 Å². The number of fused-ring (bicyclic) bond motifs is 2. The summed E-state index contributed by atoms with van der Waals surface area (Å²) in [5.74, 6) is 0.804. The van der Waals surface area contributed by atoms with Crippen molar-refractivity contribution in [2.24, 2.45) is 0 Å². The van der Waals surface area contributed by atoms with Crippen LogP contribution in [-0.4, -0.2) is 56.3 Å². The fourth-order valence-electron chi connectivity index (χ4n) is 4.80. The third-order valence-electron chi connectivity index (χ3n) is 6.51. The summed E-state index contributed by atoms with van der Waals surface area (Å²) in [6.45, 7) is 4.76. The summed E-state index contributed by atoms with van der Waals surface area (Å²) < 4.78 is 13.4. The van der Waals surface area contributed by atoms with Crippen molar-refractivity contribution in [3.8, 4) is 22.8 Å². The SMILES string of the molecule is C=CC(=O)N1CCC[C@@H](n2nc(-c3ccc(NC(=O)c4cccs4)c4c3OCO4)c3c(N)ncnc32)C1. The summed E-state index contributed by atoms with van der Waals surface area (Å²) >= 11 is 1.35. The maximum absolute atomic E-state index is 12.6. The molecule has 0 spiro atoms. The zero-order valence-electron chi connectivity index (χ0n) is 19.7. The first-order chi connectivity index (χ1) is 18.0. The first-order valence-electron chi connectivity index (χ1n) is 11.7. The topological polar surface area (TPSA) is 137 Å². The van der Waals surface area contributed by atoms with Crippen molar-refractivity contribution < 1.29 is 19.1 Å². The lowest BCUT2D eigenvalue weighted by molar-refractivity contribution is -0.127. The number of amides is 2. The number of hydrogen-bond donors (Lipinski definition) is 2. The van der Waals surface area contributed by atoms with E-state index in [4.69, 9.17) is 20.3 Å². The number of hydrogen-bond acceptors (Lipinski definition) is 9. The number of rotatable bonds is 5. The van der Waals surface area contributed by atoms with Crippen molar-refractivity contribution in [1.82, 2.24) is 24.6 Å². The summed E-state index contributed by atoms with van der Waals surface area (Å²) in [6, 6.07) is 7.04. The maximum atomic E-state index is 12.6. The van der Waals surface area contributed by atoms with Crippen LogP contribution in [0.25, 0.3) is 22.3 Å². The van der Waals surface area contributed by atoms with E-state index in [1.165, 1.54) is 23.7 Å². The van der Waals surface area contributed by atoms with Gasteiger partial charge in [-0.3, -0.25) is 9.59 Å². The molecule has 1 atom stereocenters. The Hall–Kier alpha value is -4.45. The largest absolute Gasteiger partial charge is 0.453 e. The molecule has 0 radical (unpaired) electrons. The zero-order valence-corrected chi connectivity index (χ0v) is 20.5. The number of nitrogens with two attached hydrogens (primary N) is 1. The number of aromatic nitrogens is 4. The summed E-state index contributed by atoms with van der Waals surface area (Å²) in [5, 5.41) is 10.2. The minimum atomic E-state index is -0.233. The van der Waals surface area contributed by atoms with Crippen LogP contribution in [0.3, 0.4) is 0 Å². The van der Waals surface area contributed by atoms with Crippen molar-refractivity contribution >= 4 is 45.7 Å². The van der Waals surface area contributed by atoms with E-state index >= 15 is 0 Å². The van der Waals surface area contributed by atoms with Crippen molar-refractivity contribution in [2.45, 2.75) is 18.9 Å². The number of nitrogens with one attached hydrogen (secondary N) is 1. The second-order valence-corrected chi connectivity index (χ2v) is 9.64. The third kappa shape index (κ3) is 3.95. The Morgan fingerprint density at radius 1 is 1.22 bits per heavy atom. The normalized spacial score (nSPS) is 16.6. The molecule has 4 aromatic rings. The number of benzene rings is 1. The summed E-state index contributed by atoms with van der Waals surface area (Å²) in [6.07, 6.45) is 4.38. The third-order valence-corrected chi connectivity index (χ3v) is 7.38. The minimum Gasteiger partial charge on any atom is -0.453 e. The van der Waals surface area contributed by atoms with Crippen LogP contribution in [0.2, 0.25) is 0 Å². The highest BCUT2D eigenvalue weighted by atomic mass is 32.1. The van der Waals surface area contributed by atoms with Gasteiger partial charge in [0.15, 0.2) is 17.1 Å². The van der Waals surface area contributed by atoms with Gasteiger partial charge in [0.05, 0.1) is 22.0 Å². The van der Waals surface area contributed by atoms with Gasteiger partial charge in [-0.25, -0.2) is 14.6 Å². The quantitative estimate of drug-likeness (QED) is 0.384. The number of anilines is 2. The van der Waals surface area contributed by atoms with E-state index in [2.05, 4.69) is 21.9 Å². The van der Waals surface area contributed by atoms with Gasteiger partial charge in [0, 0.05) is 18.7 Å². The van der Waals surface area contributed by atoms with E-state index < -0.39 is 0 Å². The molecular formula is C25H23N7O4S. The Labute approximate surface area is 215 Å². The van der Waals surface area contributed by atoms with Crippen molar-refractivity contribution in [2.75, 3.05) is 30.9 Å². The van der Waals surface area contributed by atoms with Gasteiger partial charge >= 0.3 is 0 Å². The van der Waals surface area contributed by atoms with Crippen molar-refractivity contribution in [1.29, 1.82) is 0 Å². The second-order valence-electron chi connectivity index (χ2n) is 8.69. The maximum Gasteiger partial charge on any atom is 0.265 e. The zero-order chi connectivity index (χ0) is 25.5. The number of carbonyl (C=O) groups is 2. The van der Waals surface area contributed by atoms with E-state index in [0.29, 0.717) is 57.4 Å². The Morgan fingerprint density at radius 2 is 2.08 bits per heavy atom. The number of thiophene rings is 1. The highest BCUT2D eigenvalue weighted by Gasteiger charge is 2.31. The van der Waals surface area contributed by atoms with E-state index in [9.17, 15) is 9.59 Å². The molecule has 11 nitrogen and oxygen atoms in total. The lowest BCUT2D eigenvalue weighted by Gasteiger charge is -2.32. The molecule has 188 valence electrons. The number of nitrogen functional groups attached to an aromatic ring is 1. The lowest BCUT2D eigenvalue weighted by atomic mass is 10.1. The standard InChI is InChI=1S/C25H23N7O4S/c1-2-18(33)31-9-3-5-14(11-31)32-24-19(23(26)27-12-28-24)20(30-32)15-7-8-16(22-21(15)35-13-36-22)29-25(34)17-6-4-10-37-17/h2,4,6-8,10,12,14H,1,3,5,9,11,13H2,(H,29,34)(H2,26,27,28)/t14-/m1/s1. The van der Waals surface area contributed by atoms with E-state index in [0.717, 1.165) is 12.8 Å². The average molecular weight is 518 g/mol.